The van der Waals surface area contributed by atoms with Crippen molar-refractivity contribution in [3.63, 3.8) is 0 Å². The molecular weight excluding hydrogens is 194 g/mol. The van der Waals surface area contributed by atoms with Crippen LogP contribution < -0.4 is 10.6 Å². The zero-order valence-electron chi connectivity index (χ0n) is 8.38. The van der Waals surface area contributed by atoms with Crippen molar-refractivity contribution in [3.05, 3.63) is 17.0 Å². The summed E-state index contributed by atoms with van der Waals surface area (Å²) in [5, 5.41) is 9.98. The van der Waals surface area contributed by atoms with E-state index >= 15 is 0 Å². The molecule has 2 N–H and O–H groups in total. The van der Waals surface area contributed by atoms with Gasteiger partial charge >= 0.3 is 0 Å². The number of hydrogen-bond acceptors (Lipinski definition) is 4. The van der Waals surface area contributed by atoms with Crippen LogP contribution in [0.25, 0.3) is 0 Å². The normalized spacial score (nSPS) is 19.7. The van der Waals surface area contributed by atoms with Gasteiger partial charge in [-0.05, 0) is 12.8 Å². The number of carbonyl (C=O) groups is 1. The minimum absolute atomic E-state index is 0.0915. The third kappa shape index (κ3) is 1.63. The van der Waals surface area contributed by atoms with Gasteiger partial charge in [0.2, 0.25) is 0 Å². The molecule has 2 heterocycles. The quantitative estimate of drug-likeness (QED) is 0.727. The monoisotopic (exact) mass is 207 g/mol. The Morgan fingerprint density at radius 2 is 2.40 bits per heavy atom. The highest BCUT2D eigenvalue weighted by atomic mass is 16.5. The summed E-state index contributed by atoms with van der Waals surface area (Å²) in [5.74, 6) is 0.765. The van der Waals surface area contributed by atoms with Gasteiger partial charge in [-0.15, -0.1) is 0 Å². The number of aromatic nitrogens is 1. The average Bonchev–Trinajstić information content (AvgIpc) is 2.96. The Kier molecular flexibility index (Phi) is 1.98. The number of nitrogens with zero attached hydrogens (tertiary/aromatic N) is 1. The Morgan fingerprint density at radius 3 is 3.20 bits per heavy atom. The lowest BCUT2D eigenvalue weighted by molar-refractivity contribution is 0.0941. The minimum atomic E-state index is -0.0915. The van der Waals surface area contributed by atoms with E-state index in [1.54, 1.807) is 0 Å². The van der Waals surface area contributed by atoms with Crippen LogP contribution in [0, 0.1) is 0 Å². The first-order valence-corrected chi connectivity index (χ1v) is 5.33. The number of amides is 1. The van der Waals surface area contributed by atoms with Crippen molar-refractivity contribution in [1.29, 1.82) is 0 Å². The fourth-order valence-electron chi connectivity index (χ4n) is 1.80. The number of fused-ring (bicyclic) bond motifs is 1. The Hall–Kier alpha value is -1.36. The van der Waals surface area contributed by atoms with Gasteiger partial charge in [0.15, 0.2) is 5.69 Å². The van der Waals surface area contributed by atoms with Crippen LogP contribution >= 0.6 is 0 Å². The fraction of sp³-hybridized carbons (Fsp3) is 0.600. The van der Waals surface area contributed by atoms with Gasteiger partial charge in [0, 0.05) is 31.1 Å². The molecule has 80 valence electrons. The molecule has 1 amide bonds. The van der Waals surface area contributed by atoms with Crippen molar-refractivity contribution in [2.45, 2.75) is 31.8 Å². The lowest BCUT2D eigenvalue weighted by Crippen LogP contribution is -2.29. The molecule has 3 rings (SSSR count). The van der Waals surface area contributed by atoms with E-state index in [2.05, 4.69) is 15.8 Å². The molecule has 1 saturated carbocycles. The summed E-state index contributed by atoms with van der Waals surface area (Å²) in [6, 6.07) is 0.362. The number of rotatable bonds is 2. The largest absolute Gasteiger partial charge is 0.360 e. The van der Waals surface area contributed by atoms with Crippen LogP contribution in [0.1, 0.15) is 34.7 Å². The molecule has 1 aromatic rings. The molecule has 1 fully saturated rings. The van der Waals surface area contributed by atoms with E-state index < -0.39 is 0 Å². The smallest absolute Gasteiger partial charge is 0.274 e. The van der Waals surface area contributed by atoms with E-state index in [0.717, 1.165) is 37.1 Å². The molecule has 2 aliphatic rings. The predicted octanol–water partition coefficient (Wildman–Crippen LogP) is 0.212. The van der Waals surface area contributed by atoms with E-state index in [9.17, 15) is 4.79 Å². The van der Waals surface area contributed by atoms with Crippen LogP contribution in [0.15, 0.2) is 4.52 Å². The topological polar surface area (TPSA) is 67.2 Å². The minimum Gasteiger partial charge on any atom is -0.360 e. The van der Waals surface area contributed by atoms with Gasteiger partial charge in [-0.1, -0.05) is 5.16 Å². The molecule has 0 aromatic carbocycles. The van der Waals surface area contributed by atoms with E-state index in [-0.39, 0.29) is 5.91 Å². The van der Waals surface area contributed by atoms with Gasteiger partial charge in [-0.25, -0.2) is 0 Å². The van der Waals surface area contributed by atoms with Gasteiger partial charge in [0.25, 0.3) is 5.91 Å². The summed E-state index contributed by atoms with van der Waals surface area (Å²) < 4.78 is 5.16. The van der Waals surface area contributed by atoms with E-state index in [1.165, 1.54) is 0 Å². The fourth-order valence-corrected chi connectivity index (χ4v) is 1.80. The zero-order valence-corrected chi connectivity index (χ0v) is 8.38. The van der Waals surface area contributed by atoms with Crippen LogP contribution in [0.3, 0.4) is 0 Å². The first-order valence-electron chi connectivity index (χ1n) is 5.33. The van der Waals surface area contributed by atoms with Crippen molar-refractivity contribution >= 4 is 5.91 Å². The van der Waals surface area contributed by atoms with Crippen LogP contribution in [0.4, 0.5) is 0 Å². The molecule has 0 saturated heterocycles. The van der Waals surface area contributed by atoms with Crippen LogP contribution in [0.2, 0.25) is 0 Å². The molecule has 0 atom stereocenters. The summed E-state index contributed by atoms with van der Waals surface area (Å²) in [6.07, 6.45) is 2.99. The lowest BCUT2D eigenvalue weighted by atomic mass is 10.1. The molecule has 15 heavy (non-hydrogen) atoms. The first-order chi connectivity index (χ1) is 7.34. The lowest BCUT2D eigenvalue weighted by Gasteiger charge is -2.10. The molecule has 5 heteroatoms. The van der Waals surface area contributed by atoms with Gasteiger partial charge in [-0.3, -0.25) is 4.79 Å². The number of carbonyl (C=O) groups excluding carboxylic acids is 1. The van der Waals surface area contributed by atoms with Crippen molar-refractivity contribution < 1.29 is 9.32 Å². The van der Waals surface area contributed by atoms with Crippen molar-refractivity contribution in [2.75, 3.05) is 6.54 Å². The van der Waals surface area contributed by atoms with Crippen LogP contribution in [-0.4, -0.2) is 23.7 Å². The summed E-state index contributed by atoms with van der Waals surface area (Å²) in [5.41, 5.74) is 1.39. The number of nitrogens with one attached hydrogen (secondary N) is 2. The highest BCUT2D eigenvalue weighted by Gasteiger charge is 2.28. The SMILES string of the molecule is O=C(NC1CC1)c1noc2c1CNCC2. The van der Waals surface area contributed by atoms with Gasteiger partial charge in [0.05, 0.1) is 0 Å². The highest BCUT2D eigenvalue weighted by Crippen LogP contribution is 2.21. The molecule has 0 radical (unpaired) electrons. The maximum atomic E-state index is 11.8. The molecule has 1 aromatic heterocycles. The summed E-state index contributed by atoms with van der Waals surface area (Å²) in [4.78, 5) is 11.8. The van der Waals surface area contributed by atoms with Crippen molar-refractivity contribution in [3.8, 4) is 0 Å². The molecular formula is C10H13N3O2. The average molecular weight is 207 g/mol. The highest BCUT2D eigenvalue weighted by molar-refractivity contribution is 5.94. The molecule has 0 bridgehead atoms. The van der Waals surface area contributed by atoms with E-state index in [0.29, 0.717) is 18.3 Å². The third-order valence-electron chi connectivity index (χ3n) is 2.83. The van der Waals surface area contributed by atoms with Gasteiger partial charge in [0.1, 0.15) is 5.76 Å². The molecule has 5 nitrogen and oxygen atoms in total. The second-order valence-electron chi connectivity index (χ2n) is 4.11. The Morgan fingerprint density at radius 1 is 1.53 bits per heavy atom. The number of hydrogen-bond donors (Lipinski definition) is 2. The van der Waals surface area contributed by atoms with Crippen LogP contribution in [-0.2, 0) is 13.0 Å². The summed E-state index contributed by atoms with van der Waals surface area (Å²) in [7, 11) is 0. The second-order valence-corrected chi connectivity index (χ2v) is 4.11. The molecule has 0 unspecified atom stereocenters. The summed E-state index contributed by atoms with van der Waals surface area (Å²) in [6.45, 7) is 1.58. The zero-order chi connectivity index (χ0) is 10.3. The Balaban J connectivity index is 1.83. The molecule has 1 aliphatic carbocycles. The Labute approximate surface area is 87.2 Å². The maximum Gasteiger partial charge on any atom is 0.274 e. The Bertz CT molecular complexity index is 395. The van der Waals surface area contributed by atoms with Crippen molar-refractivity contribution in [1.82, 2.24) is 15.8 Å². The standard InChI is InChI=1S/C10H13N3O2/c14-10(12-6-1-2-6)9-7-5-11-4-3-8(7)15-13-9/h6,11H,1-5H2,(H,12,14). The predicted molar refractivity (Wildman–Crippen MR) is 52.4 cm³/mol. The van der Waals surface area contributed by atoms with Gasteiger partial charge in [-0.2, -0.15) is 0 Å². The first kappa shape index (κ1) is 8.91. The molecule has 1 aliphatic heterocycles. The third-order valence-corrected chi connectivity index (χ3v) is 2.83. The van der Waals surface area contributed by atoms with Crippen molar-refractivity contribution in [2.24, 2.45) is 0 Å². The summed E-state index contributed by atoms with van der Waals surface area (Å²) >= 11 is 0. The second kappa shape index (κ2) is 3.34. The molecule has 0 spiro atoms. The van der Waals surface area contributed by atoms with E-state index in [1.807, 2.05) is 0 Å². The van der Waals surface area contributed by atoms with Crippen LogP contribution in [0.5, 0.6) is 0 Å². The van der Waals surface area contributed by atoms with Gasteiger partial charge < -0.3 is 15.2 Å². The van der Waals surface area contributed by atoms with E-state index in [4.69, 9.17) is 4.52 Å². The maximum absolute atomic E-state index is 11.8.